The van der Waals surface area contributed by atoms with Crippen molar-refractivity contribution in [3.8, 4) is 11.8 Å². The van der Waals surface area contributed by atoms with Gasteiger partial charge in [-0.3, -0.25) is 0 Å². The van der Waals surface area contributed by atoms with Crippen molar-refractivity contribution in [3.63, 3.8) is 0 Å². The summed E-state index contributed by atoms with van der Waals surface area (Å²) in [5, 5.41) is 18.0. The Morgan fingerprint density at radius 1 is 0.722 bits per heavy atom. The first-order valence-corrected chi connectivity index (χ1v) is 7.20. The zero-order chi connectivity index (χ0) is 14.1. The molecule has 0 aliphatic rings. The molecule has 0 spiro atoms. The van der Waals surface area contributed by atoms with Crippen LogP contribution in [-0.4, -0.2) is 16.5 Å². The molecule has 106 valence electrons. The van der Waals surface area contributed by atoms with Crippen molar-refractivity contribution < 1.29 is 10.2 Å². The van der Waals surface area contributed by atoms with Crippen LogP contribution in [0.15, 0.2) is 0 Å². The lowest BCUT2D eigenvalue weighted by Gasteiger charge is -2.14. The van der Waals surface area contributed by atoms with Crippen LogP contribution in [0.5, 0.6) is 0 Å². The van der Waals surface area contributed by atoms with Gasteiger partial charge in [0.15, 0.2) is 6.29 Å². The van der Waals surface area contributed by atoms with Crippen LogP contribution < -0.4 is 0 Å². The lowest BCUT2D eigenvalue weighted by atomic mass is 9.96. The highest BCUT2D eigenvalue weighted by Crippen LogP contribution is 2.15. The maximum Gasteiger partial charge on any atom is 0.154 e. The van der Waals surface area contributed by atoms with Crippen LogP contribution in [0.4, 0.5) is 0 Å². The molecular formula is C16H30O2. The summed E-state index contributed by atoms with van der Waals surface area (Å²) in [6.45, 7) is 10.6. The molecule has 2 N–H and O–H groups in total. The van der Waals surface area contributed by atoms with Gasteiger partial charge in [0.25, 0.3) is 0 Å². The molecule has 0 bridgehead atoms. The van der Waals surface area contributed by atoms with E-state index >= 15 is 0 Å². The fraction of sp³-hybridized carbons (Fsp3) is 0.875. The molecule has 2 nitrogen and oxygen atoms in total. The molecule has 3 unspecified atom stereocenters. The summed E-state index contributed by atoms with van der Waals surface area (Å²) in [7, 11) is 0. The standard InChI is InChI=1S/C16H30O2/c1-12(2)6-7-13(3)8-9-14(4)10-11-15(5)16(17)18/h12-18H,6-7,10-11H2,1-5H3. The van der Waals surface area contributed by atoms with Gasteiger partial charge in [-0.25, -0.2) is 0 Å². The summed E-state index contributed by atoms with van der Waals surface area (Å²) in [6, 6.07) is 0. The zero-order valence-electron chi connectivity index (χ0n) is 12.6. The van der Waals surface area contributed by atoms with Crippen molar-refractivity contribution in [3.05, 3.63) is 0 Å². The van der Waals surface area contributed by atoms with Crippen LogP contribution >= 0.6 is 0 Å². The van der Waals surface area contributed by atoms with E-state index in [0.717, 1.165) is 18.8 Å². The quantitative estimate of drug-likeness (QED) is 0.540. The van der Waals surface area contributed by atoms with Crippen LogP contribution in [0.3, 0.4) is 0 Å². The molecule has 0 saturated heterocycles. The normalized spacial score (nSPS) is 16.3. The molecule has 0 aromatic heterocycles. The molecule has 2 heteroatoms. The Kier molecular flexibility index (Phi) is 9.14. The third kappa shape index (κ3) is 9.50. The molecule has 18 heavy (non-hydrogen) atoms. The maximum absolute atomic E-state index is 8.99. The van der Waals surface area contributed by atoms with Gasteiger partial charge in [0.05, 0.1) is 0 Å². The number of rotatable bonds is 7. The highest BCUT2D eigenvalue weighted by molar-refractivity contribution is 5.05. The van der Waals surface area contributed by atoms with Crippen molar-refractivity contribution >= 4 is 0 Å². The molecule has 3 atom stereocenters. The van der Waals surface area contributed by atoms with E-state index in [4.69, 9.17) is 10.2 Å². The highest BCUT2D eigenvalue weighted by Gasteiger charge is 2.11. The number of aliphatic hydroxyl groups is 2. The average molecular weight is 254 g/mol. The van der Waals surface area contributed by atoms with Gasteiger partial charge in [-0.1, -0.05) is 46.5 Å². The summed E-state index contributed by atoms with van der Waals surface area (Å²) in [6.07, 6.45) is 2.95. The van der Waals surface area contributed by atoms with Crippen LogP contribution in [0.25, 0.3) is 0 Å². The minimum atomic E-state index is -1.20. The van der Waals surface area contributed by atoms with Crippen molar-refractivity contribution in [2.45, 2.75) is 66.6 Å². The van der Waals surface area contributed by atoms with E-state index in [2.05, 4.69) is 39.5 Å². The van der Waals surface area contributed by atoms with Gasteiger partial charge in [-0.15, -0.1) is 0 Å². The maximum atomic E-state index is 8.99. The monoisotopic (exact) mass is 254 g/mol. The van der Waals surface area contributed by atoms with Gasteiger partial charge < -0.3 is 10.2 Å². The van der Waals surface area contributed by atoms with Gasteiger partial charge in [0, 0.05) is 17.8 Å². The second kappa shape index (κ2) is 9.42. The fourth-order valence-corrected chi connectivity index (χ4v) is 1.67. The summed E-state index contributed by atoms with van der Waals surface area (Å²) in [4.78, 5) is 0. The van der Waals surface area contributed by atoms with Crippen molar-refractivity contribution in [1.29, 1.82) is 0 Å². The van der Waals surface area contributed by atoms with Gasteiger partial charge in [0.2, 0.25) is 0 Å². The second-order valence-electron chi connectivity index (χ2n) is 6.03. The lowest BCUT2D eigenvalue weighted by molar-refractivity contribution is -0.0810. The van der Waals surface area contributed by atoms with E-state index in [1.165, 1.54) is 12.8 Å². The Labute approximate surface area is 113 Å². The number of hydrogen-bond donors (Lipinski definition) is 2. The number of aliphatic hydroxyl groups excluding tert-OH is 1. The van der Waals surface area contributed by atoms with Crippen molar-refractivity contribution in [2.24, 2.45) is 23.7 Å². The number of hydrogen-bond acceptors (Lipinski definition) is 2. The lowest BCUT2D eigenvalue weighted by Crippen LogP contribution is -2.16. The third-order valence-corrected chi connectivity index (χ3v) is 3.32. The predicted octanol–water partition coefficient (Wildman–Crippen LogP) is 3.43. The molecule has 0 amide bonds. The first kappa shape index (κ1) is 17.5. The Hall–Kier alpha value is -0.520. The van der Waals surface area contributed by atoms with E-state index in [1.807, 2.05) is 6.92 Å². The van der Waals surface area contributed by atoms with Gasteiger partial charge in [-0.05, 0) is 31.6 Å². The highest BCUT2D eigenvalue weighted by atomic mass is 16.5. The molecule has 0 radical (unpaired) electrons. The first-order chi connectivity index (χ1) is 8.32. The predicted molar refractivity (Wildman–Crippen MR) is 76.8 cm³/mol. The molecule has 0 aromatic rings. The fourth-order valence-electron chi connectivity index (χ4n) is 1.67. The van der Waals surface area contributed by atoms with Gasteiger partial charge in [-0.2, -0.15) is 0 Å². The molecule has 0 heterocycles. The van der Waals surface area contributed by atoms with Crippen molar-refractivity contribution in [2.75, 3.05) is 0 Å². The Balaban J connectivity index is 3.89. The molecule has 0 aromatic carbocycles. The van der Waals surface area contributed by atoms with Gasteiger partial charge >= 0.3 is 0 Å². The molecule has 0 fully saturated rings. The van der Waals surface area contributed by atoms with Crippen LogP contribution in [0.2, 0.25) is 0 Å². The summed E-state index contributed by atoms with van der Waals surface area (Å²) in [5.74, 6) is 8.10. The summed E-state index contributed by atoms with van der Waals surface area (Å²) >= 11 is 0. The third-order valence-electron chi connectivity index (χ3n) is 3.32. The van der Waals surface area contributed by atoms with Crippen molar-refractivity contribution in [1.82, 2.24) is 0 Å². The van der Waals surface area contributed by atoms with Crippen LogP contribution in [0, 0.1) is 35.5 Å². The zero-order valence-corrected chi connectivity index (χ0v) is 12.6. The molecule has 0 saturated carbocycles. The Morgan fingerprint density at radius 3 is 1.56 bits per heavy atom. The Morgan fingerprint density at radius 2 is 1.17 bits per heavy atom. The molecule has 0 aliphatic carbocycles. The van der Waals surface area contributed by atoms with E-state index in [-0.39, 0.29) is 5.92 Å². The first-order valence-electron chi connectivity index (χ1n) is 7.20. The van der Waals surface area contributed by atoms with Crippen LogP contribution in [-0.2, 0) is 0 Å². The summed E-state index contributed by atoms with van der Waals surface area (Å²) in [5.41, 5.74) is 0. The van der Waals surface area contributed by atoms with Gasteiger partial charge in [0.1, 0.15) is 0 Å². The minimum Gasteiger partial charge on any atom is -0.368 e. The molecule has 0 rings (SSSR count). The molecular weight excluding hydrogens is 224 g/mol. The molecule has 0 aliphatic heterocycles. The Bertz CT molecular complexity index is 260. The van der Waals surface area contributed by atoms with E-state index in [1.54, 1.807) is 0 Å². The topological polar surface area (TPSA) is 40.5 Å². The SMILES string of the molecule is CC(C)CCC(C)C#CC(C)CCC(C)C(O)O. The summed E-state index contributed by atoms with van der Waals surface area (Å²) < 4.78 is 0. The largest absolute Gasteiger partial charge is 0.368 e. The average Bonchev–Trinajstić information content (AvgIpc) is 2.30. The van der Waals surface area contributed by atoms with E-state index in [0.29, 0.717) is 11.8 Å². The van der Waals surface area contributed by atoms with E-state index < -0.39 is 6.29 Å². The minimum absolute atomic E-state index is 0.0624. The second-order valence-corrected chi connectivity index (χ2v) is 6.03. The van der Waals surface area contributed by atoms with E-state index in [9.17, 15) is 0 Å². The smallest absolute Gasteiger partial charge is 0.154 e. The van der Waals surface area contributed by atoms with Crippen LogP contribution in [0.1, 0.15) is 60.3 Å².